The number of fused-ring (bicyclic) bond motifs is 1. The number of rotatable bonds is 1. The first kappa shape index (κ1) is 9.49. The quantitative estimate of drug-likeness (QED) is 0.725. The second-order valence-corrected chi connectivity index (χ2v) is 3.65. The first-order valence-electron chi connectivity index (χ1n) is 4.32. The molecule has 0 saturated carbocycles. The summed E-state index contributed by atoms with van der Waals surface area (Å²) in [5.74, 6) is -2.00. The van der Waals surface area contributed by atoms with Gasteiger partial charge in [-0.15, -0.1) is 0 Å². The number of hydrogen-bond donors (Lipinski definition) is 1. The van der Waals surface area contributed by atoms with Crippen molar-refractivity contribution in [2.45, 2.75) is 19.1 Å². The van der Waals surface area contributed by atoms with Crippen molar-refractivity contribution in [1.29, 1.82) is 0 Å². The molecule has 0 unspecified atom stereocenters. The molecule has 1 aliphatic heterocycles. The minimum atomic E-state index is -1.50. The van der Waals surface area contributed by atoms with Gasteiger partial charge in [-0.25, -0.2) is 4.79 Å². The van der Waals surface area contributed by atoms with Crippen LogP contribution in [0.25, 0.3) is 0 Å². The lowest BCUT2D eigenvalue weighted by Crippen LogP contribution is -2.24. The normalized spacial score (nSPS) is 24.6. The van der Waals surface area contributed by atoms with Crippen LogP contribution >= 0.6 is 11.6 Å². The van der Waals surface area contributed by atoms with Gasteiger partial charge in [0.1, 0.15) is 0 Å². The number of ether oxygens (including phenoxy) is 1. The predicted molar refractivity (Wildman–Crippen MR) is 51.1 cm³/mol. The molecule has 74 valence electrons. The first-order chi connectivity index (χ1) is 6.57. The molecule has 0 aliphatic carbocycles. The van der Waals surface area contributed by atoms with E-state index in [1.165, 1.54) is 0 Å². The van der Waals surface area contributed by atoms with Gasteiger partial charge in [-0.1, -0.05) is 18.5 Å². The first-order valence-corrected chi connectivity index (χ1v) is 4.70. The van der Waals surface area contributed by atoms with Crippen molar-refractivity contribution in [3.8, 4) is 0 Å². The van der Waals surface area contributed by atoms with E-state index in [0.717, 1.165) is 0 Å². The molecule has 1 N–H and O–H groups in total. The number of esters is 1. The highest BCUT2D eigenvalue weighted by Crippen LogP contribution is 2.37. The Hall–Kier alpha value is -1.06. The van der Waals surface area contributed by atoms with Crippen LogP contribution in [0, 0.1) is 0 Å². The average Bonchev–Trinajstić information content (AvgIpc) is 2.40. The molecular formula is C10H9ClO3. The lowest BCUT2D eigenvalue weighted by atomic mass is 10.0. The van der Waals surface area contributed by atoms with Gasteiger partial charge < -0.3 is 9.84 Å². The maximum absolute atomic E-state index is 11.3. The Morgan fingerprint density at radius 2 is 2.29 bits per heavy atom. The second-order valence-electron chi connectivity index (χ2n) is 3.22. The molecule has 0 spiro atoms. The average molecular weight is 213 g/mol. The fraction of sp³-hybridized carbons (Fsp3) is 0.300. The topological polar surface area (TPSA) is 46.5 Å². The van der Waals surface area contributed by atoms with E-state index in [1.54, 1.807) is 25.1 Å². The third-order valence-electron chi connectivity index (χ3n) is 2.36. The van der Waals surface area contributed by atoms with Gasteiger partial charge in [-0.2, -0.15) is 0 Å². The highest BCUT2D eigenvalue weighted by molar-refractivity contribution is 6.30. The fourth-order valence-corrected chi connectivity index (χ4v) is 1.72. The van der Waals surface area contributed by atoms with Crippen molar-refractivity contribution in [2.75, 3.05) is 0 Å². The fourth-order valence-electron chi connectivity index (χ4n) is 1.54. The van der Waals surface area contributed by atoms with E-state index in [2.05, 4.69) is 0 Å². The molecule has 0 radical (unpaired) electrons. The molecule has 1 aromatic carbocycles. The largest absolute Gasteiger partial charge is 0.425 e. The van der Waals surface area contributed by atoms with Crippen molar-refractivity contribution in [1.82, 2.24) is 0 Å². The third kappa shape index (κ3) is 1.21. The third-order valence-corrected chi connectivity index (χ3v) is 2.60. The highest BCUT2D eigenvalue weighted by atomic mass is 35.5. The Balaban J connectivity index is 2.62. The molecule has 0 aromatic heterocycles. The number of hydrogen-bond acceptors (Lipinski definition) is 3. The molecule has 2 rings (SSSR count). The standard InChI is InChI=1S/C10H9ClO3/c1-2-10(13)8-5-6(11)3-4-7(8)9(12)14-10/h3-5,13H,2H2,1H3/t10-/m1/s1. The summed E-state index contributed by atoms with van der Waals surface area (Å²) in [5, 5.41) is 10.4. The molecule has 4 heteroatoms. The van der Waals surface area contributed by atoms with Gasteiger partial charge in [-0.05, 0) is 18.2 Å². The van der Waals surface area contributed by atoms with E-state index < -0.39 is 11.8 Å². The van der Waals surface area contributed by atoms with Crippen LogP contribution in [0.2, 0.25) is 5.02 Å². The molecular weight excluding hydrogens is 204 g/mol. The zero-order valence-electron chi connectivity index (χ0n) is 7.58. The van der Waals surface area contributed by atoms with Crippen LogP contribution < -0.4 is 0 Å². The van der Waals surface area contributed by atoms with Crippen LogP contribution in [0.3, 0.4) is 0 Å². The Labute approximate surface area is 86.3 Å². The summed E-state index contributed by atoms with van der Waals surface area (Å²) in [7, 11) is 0. The minimum absolute atomic E-state index is 0.312. The van der Waals surface area contributed by atoms with Gasteiger partial charge in [0.15, 0.2) is 0 Å². The summed E-state index contributed by atoms with van der Waals surface area (Å²) in [5.41, 5.74) is 0.844. The summed E-state index contributed by atoms with van der Waals surface area (Å²) in [4.78, 5) is 11.3. The van der Waals surface area contributed by atoms with Crippen molar-refractivity contribution in [2.24, 2.45) is 0 Å². The maximum Gasteiger partial charge on any atom is 0.341 e. The number of carbonyl (C=O) groups is 1. The molecule has 3 nitrogen and oxygen atoms in total. The van der Waals surface area contributed by atoms with E-state index in [4.69, 9.17) is 16.3 Å². The van der Waals surface area contributed by atoms with Crippen molar-refractivity contribution in [3.05, 3.63) is 34.3 Å². The summed E-state index contributed by atoms with van der Waals surface area (Å²) in [6.07, 6.45) is 0.312. The van der Waals surface area contributed by atoms with Gasteiger partial charge >= 0.3 is 5.97 Å². The summed E-state index contributed by atoms with van der Waals surface area (Å²) in [6.45, 7) is 1.74. The zero-order chi connectivity index (χ0) is 10.3. The second kappa shape index (κ2) is 2.97. The Bertz CT molecular complexity index is 402. The van der Waals surface area contributed by atoms with Crippen molar-refractivity contribution < 1.29 is 14.6 Å². The van der Waals surface area contributed by atoms with Crippen LogP contribution in [0.15, 0.2) is 18.2 Å². The summed E-state index contributed by atoms with van der Waals surface area (Å²) >= 11 is 5.78. The van der Waals surface area contributed by atoms with Gasteiger partial charge in [0.05, 0.1) is 5.56 Å². The van der Waals surface area contributed by atoms with Gasteiger partial charge in [0, 0.05) is 17.0 Å². The number of cyclic esters (lactones) is 1. The zero-order valence-corrected chi connectivity index (χ0v) is 8.34. The molecule has 0 amide bonds. The Morgan fingerprint density at radius 1 is 1.57 bits per heavy atom. The van der Waals surface area contributed by atoms with Crippen molar-refractivity contribution in [3.63, 3.8) is 0 Å². The van der Waals surface area contributed by atoms with Crippen molar-refractivity contribution >= 4 is 17.6 Å². The smallest absolute Gasteiger partial charge is 0.341 e. The molecule has 0 bridgehead atoms. The SMILES string of the molecule is CC[C@@]1(O)OC(=O)c2ccc(Cl)cc21. The van der Waals surface area contributed by atoms with E-state index in [-0.39, 0.29) is 0 Å². The number of carbonyl (C=O) groups excluding carboxylic acids is 1. The van der Waals surface area contributed by atoms with Crippen LogP contribution in [0.1, 0.15) is 29.3 Å². The van der Waals surface area contributed by atoms with E-state index in [9.17, 15) is 9.90 Å². The lowest BCUT2D eigenvalue weighted by Gasteiger charge is -2.19. The van der Waals surface area contributed by atoms with Crippen LogP contribution in [-0.2, 0) is 10.5 Å². The Kier molecular flexibility index (Phi) is 2.01. The predicted octanol–water partition coefficient (Wildman–Crippen LogP) is 2.07. The molecule has 1 heterocycles. The number of halogens is 1. The van der Waals surface area contributed by atoms with Crippen LogP contribution in [0.4, 0.5) is 0 Å². The highest BCUT2D eigenvalue weighted by Gasteiger charge is 2.42. The number of benzene rings is 1. The summed E-state index contributed by atoms with van der Waals surface area (Å²) in [6, 6.07) is 4.72. The molecule has 14 heavy (non-hydrogen) atoms. The van der Waals surface area contributed by atoms with Crippen LogP contribution in [0.5, 0.6) is 0 Å². The molecule has 0 fully saturated rings. The maximum atomic E-state index is 11.3. The van der Waals surface area contributed by atoms with Gasteiger partial charge in [0.2, 0.25) is 5.79 Å². The molecule has 1 aromatic rings. The lowest BCUT2D eigenvalue weighted by molar-refractivity contribution is -0.164. The van der Waals surface area contributed by atoms with Gasteiger partial charge in [0.25, 0.3) is 0 Å². The minimum Gasteiger partial charge on any atom is -0.425 e. The van der Waals surface area contributed by atoms with E-state index in [1.807, 2.05) is 0 Å². The Morgan fingerprint density at radius 3 is 2.93 bits per heavy atom. The monoisotopic (exact) mass is 212 g/mol. The molecule has 1 atom stereocenters. The number of aliphatic hydroxyl groups is 1. The van der Waals surface area contributed by atoms with Gasteiger partial charge in [-0.3, -0.25) is 0 Å². The van der Waals surface area contributed by atoms with E-state index in [0.29, 0.717) is 22.6 Å². The molecule has 0 saturated heterocycles. The molecule has 1 aliphatic rings. The summed E-state index contributed by atoms with van der Waals surface area (Å²) < 4.78 is 4.88. The van der Waals surface area contributed by atoms with E-state index >= 15 is 0 Å². The van der Waals surface area contributed by atoms with Crippen LogP contribution in [-0.4, -0.2) is 11.1 Å².